The Hall–Kier alpha value is -0.900. The second-order valence-corrected chi connectivity index (χ2v) is 4.81. The molecular weight excluding hydrogens is 198 g/mol. The largest absolute Gasteiger partial charge is 0.296 e. The minimum Gasteiger partial charge on any atom is -0.296 e. The fraction of sp³-hybridized carbons (Fsp3) is 0.538. The van der Waals surface area contributed by atoms with Gasteiger partial charge in [0.05, 0.1) is 0 Å². The van der Waals surface area contributed by atoms with Crippen molar-refractivity contribution < 1.29 is 0 Å². The molecule has 1 fully saturated rings. The molecule has 0 radical (unpaired) electrons. The van der Waals surface area contributed by atoms with Gasteiger partial charge in [-0.25, -0.2) is 5.01 Å². The van der Waals surface area contributed by atoms with E-state index in [2.05, 4.69) is 36.9 Å². The minimum absolute atomic E-state index is 0.977. The van der Waals surface area contributed by atoms with Gasteiger partial charge < -0.3 is 0 Å². The highest BCUT2D eigenvalue weighted by molar-refractivity contribution is 5.28. The zero-order valence-electron chi connectivity index (χ0n) is 10.2. The van der Waals surface area contributed by atoms with E-state index >= 15 is 0 Å². The monoisotopic (exact) mass is 219 g/mol. The second kappa shape index (κ2) is 4.95. The molecule has 1 aromatic rings. The Morgan fingerprint density at radius 2 is 1.56 bits per heavy atom. The summed E-state index contributed by atoms with van der Waals surface area (Å²) in [5, 5.41) is 1.90. The van der Waals surface area contributed by atoms with E-state index in [0.717, 1.165) is 32.7 Å². The second-order valence-electron chi connectivity index (χ2n) is 4.81. The summed E-state index contributed by atoms with van der Waals surface area (Å²) in [4.78, 5) is 2.47. The number of benzene rings is 1. The first-order valence-electron chi connectivity index (χ1n) is 5.92. The first-order valence-corrected chi connectivity index (χ1v) is 5.92. The molecule has 16 heavy (non-hydrogen) atoms. The number of hydrogen-bond donors (Lipinski definition) is 1. The standard InChI is InChI=1S/C13H21N3/c1-11-7-12(2)9-13(8-11)10-15-3-5-16(14)6-4-15/h7-9H,3-6,10,14H2,1-2H3. The van der Waals surface area contributed by atoms with Gasteiger partial charge >= 0.3 is 0 Å². The van der Waals surface area contributed by atoms with Crippen LogP contribution >= 0.6 is 0 Å². The molecule has 1 heterocycles. The van der Waals surface area contributed by atoms with Crippen molar-refractivity contribution in [3.63, 3.8) is 0 Å². The summed E-state index contributed by atoms with van der Waals surface area (Å²) in [5.74, 6) is 5.75. The molecule has 0 amide bonds. The van der Waals surface area contributed by atoms with Gasteiger partial charge in [-0.05, 0) is 19.4 Å². The Balaban J connectivity index is 1.98. The molecule has 88 valence electrons. The Morgan fingerprint density at radius 3 is 2.12 bits per heavy atom. The molecule has 2 N–H and O–H groups in total. The molecule has 0 spiro atoms. The first kappa shape index (κ1) is 11.6. The van der Waals surface area contributed by atoms with Gasteiger partial charge in [-0.15, -0.1) is 0 Å². The van der Waals surface area contributed by atoms with Crippen LogP contribution in [-0.4, -0.2) is 36.1 Å². The van der Waals surface area contributed by atoms with Gasteiger partial charge in [-0.1, -0.05) is 29.3 Å². The lowest BCUT2D eigenvalue weighted by Crippen LogP contribution is -2.48. The zero-order chi connectivity index (χ0) is 11.5. The summed E-state index contributed by atoms with van der Waals surface area (Å²) in [6.07, 6.45) is 0. The maximum Gasteiger partial charge on any atom is 0.0257 e. The van der Waals surface area contributed by atoms with Crippen molar-refractivity contribution >= 4 is 0 Å². The van der Waals surface area contributed by atoms with Gasteiger partial charge in [-0.3, -0.25) is 10.7 Å². The Kier molecular flexibility index (Phi) is 3.59. The fourth-order valence-corrected chi connectivity index (χ4v) is 2.34. The van der Waals surface area contributed by atoms with Crippen molar-refractivity contribution in [3.05, 3.63) is 34.9 Å². The van der Waals surface area contributed by atoms with Crippen molar-refractivity contribution in [3.8, 4) is 0 Å². The van der Waals surface area contributed by atoms with Crippen LogP contribution in [0.5, 0.6) is 0 Å². The van der Waals surface area contributed by atoms with Crippen LogP contribution in [-0.2, 0) is 6.54 Å². The van der Waals surface area contributed by atoms with Crippen LogP contribution < -0.4 is 5.84 Å². The third kappa shape index (κ3) is 3.04. The number of aryl methyl sites for hydroxylation is 2. The van der Waals surface area contributed by atoms with Crippen molar-refractivity contribution in [1.82, 2.24) is 9.91 Å². The molecule has 3 heteroatoms. The highest BCUT2D eigenvalue weighted by Crippen LogP contribution is 2.12. The predicted molar refractivity (Wildman–Crippen MR) is 67.0 cm³/mol. The number of nitrogens with zero attached hydrogens (tertiary/aromatic N) is 2. The highest BCUT2D eigenvalue weighted by atomic mass is 15.4. The molecule has 0 aromatic heterocycles. The average Bonchev–Trinajstić information content (AvgIpc) is 2.20. The van der Waals surface area contributed by atoms with Crippen molar-refractivity contribution in [2.75, 3.05) is 26.2 Å². The molecule has 1 aliphatic heterocycles. The lowest BCUT2D eigenvalue weighted by Gasteiger charge is -2.32. The molecule has 1 saturated heterocycles. The maximum atomic E-state index is 5.75. The van der Waals surface area contributed by atoms with Gasteiger partial charge in [0.1, 0.15) is 0 Å². The summed E-state index contributed by atoms with van der Waals surface area (Å²) >= 11 is 0. The molecule has 0 saturated carbocycles. The normalized spacial score (nSPS) is 18.9. The molecule has 0 unspecified atom stereocenters. The third-order valence-electron chi connectivity index (χ3n) is 3.09. The van der Waals surface area contributed by atoms with E-state index in [0.29, 0.717) is 0 Å². The number of piperazine rings is 1. The van der Waals surface area contributed by atoms with Gasteiger partial charge in [0.15, 0.2) is 0 Å². The van der Waals surface area contributed by atoms with Crippen LogP contribution in [0.1, 0.15) is 16.7 Å². The molecule has 3 nitrogen and oxygen atoms in total. The summed E-state index contributed by atoms with van der Waals surface area (Å²) in [5.41, 5.74) is 4.13. The van der Waals surface area contributed by atoms with E-state index in [1.807, 2.05) is 5.01 Å². The van der Waals surface area contributed by atoms with Crippen molar-refractivity contribution in [1.29, 1.82) is 0 Å². The Bertz CT molecular complexity index is 334. The molecule has 0 atom stereocenters. The molecular formula is C13H21N3. The summed E-state index contributed by atoms with van der Waals surface area (Å²) < 4.78 is 0. The lowest BCUT2D eigenvalue weighted by molar-refractivity contribution is 0.128. The molecule has 0 bridgehead atoms. The van der Waals surface area contributed by atoms with E-state index in [9.17, 15) is 0 Å². The average molecular weight is 219 g/mol. The third-order valence-corrected chi connectivity index (χ3v) is 3.09. The van der Waals surface area contributed by atoms with Crippen LogP contribution in [0, 0.1) is 13.8 Å². The van der Waals surface area contributed by atoms with Gasteiger partial charge in [-0.2, -0.15) is 0 Å². The SMILES string of the molecule is Cc1cc(C)cc(CN2CCN(N)CC2)c1. The van der Waals surface area contributed by atoms with Crippen molar-refractivity contribution in [2.45, 2.75) is 20.4 Å². The van der Waals surface area contributed by atoms with E-state index in [1.54, 1.807) is 0 Å². The zero-order valence-corrected chi connectivity index (χ0v) is 10.2. The number of rotatable bonds is 2. The summed E-state index contributed by atoms with van der Waals surface area (Å²) in [6, 6.07) is 6.78. The van der Waals surface area contributed by atoms with Gasteiger partial charge in [0.25, 0.3) is 0 Å². The van der Waals surface area contributed by atoms with E-state index < -0.39 is 0 Å². The molecule has 1 aromatic carbocycles. The molecule has 0 aliphatic carbocycles. The summed E-state index contributed by atoms with van der Waals surface area (Å²) in [6.45, 7) is 9.47. The van der Waals surface area contributed by atoms with Crippen LogP contribution in [0.15, 0.2) is 18.2 Å². The van der Waals surface area contributed by atoms with Crippen LogP contribution in [0.4, 0.5) is 0 Å². The first-order chi connectivity index (χ1) is 7.63. The summed E-state index contributed by atoms with van der Waals surface area (Å²) in [7, 11) is 0. The maximum absolute atomic E-state index is 5.75. The number of hydrazine groups is 1. The molecule has 2 rings (SSSR count). The number of nitrogens with two attached hydrogens (primary N) is 1. The predicted octanol–water partition coefficient (Wildman–Crippen LogP) is 1.29. The van der Waals surface area contributed by atoms with Gasteiger partial charge in [0.2, 0.25) is 0 Å². The van der Waals surface area contributed by atoms with Crippen LogP contribution in [0.25, 0.3) is 0 Å². The van der Waals surface area contributed by atoms with E-state index in [1.165, 1.54) is 16.7 Å². The highest BCUT2D eigenvalue weighted by Gasteiger charge is 2.14. The van der Waals surface area contributed by atoms with Crippen molar-refractivity contribution in [2.24, 2.45) is 5.84 Å². The smallest absolute Gasteiger partial charge is 0.0257 e. The minimum atomic E-state index is 0.977. The lowest BCUT2D eigenvalue weighted by atomic mass is 10.1. The van der Waals surface area contributed by atoms with Gasteiger partial charge in [0, 0.05) is 32.7 Å². The Labute approximate surface area is 97.8 Å². The Morgan fingerprint density at radius 1 is 1.00 bits per heavy atom. The fourth-order valence-electron chi connectivity index (χ4n) is 2.34. The van der Waals surface area contributed by atoms with E-state index in [4.69, 9.17) is 5.84 Å². The molecule has 1 aliphatic rings. The van der Waals surface area contributed by atoms with E-state index in [-0.39, 0.29) is 0 Å². The quantitative estimate of drug-likeness (QED) is 0.761. The number of hydrogen-bond acceptors (Lipinski definition) is 3. The van der Waals surface area contributed by atoms with Crippen LogP contribution in [0.2, 0.25) is 0 Å². The topological polar surface area (TPSA) is 32.5 Å². The van der Waals surface area contributed by atoms with Crippen LogP contribution in [0.3, 0.4) is 0 Å².